The fourth-order valence-electron chi connectivity index (χ4n) is 20.7. The van der Waals surface area contributed by atoms with Crippen LogP contribution < -0.4 is 0 Å². The Morgan fingerprint density at radius 3 is 1.22 bits per heavy atom. The van der Waals surface area contributed by atoms with Crippen LogP contribution in [-0.2, 0) is 16.2 Å². The molecular weight excluding hydrogens is 1650 g/mol. The average molecular weight is 1780 g/mol. The summed E-state index contributed by atoms with van der Waals surface area (Å²) in [5.74, 6) is 0. The molecular formula is C127H126O2S3. The highest BCUT2D eigenvalue weighted by atomic mass is 32.1. The van der Waals surface area contributed by atoms with Crippen molar-refractivity contribution in [1.82, 2.24) is 0 Å². The first-order valence-corrected chi connectivity index (χ1v) is 50.6. The predicted molar refractivity (Wildman–Crippen MR) is 580 cm³/mol. The summed E-state index contributed by atoms with van der Waals surface area (Å²) >= 11 is 5.62. The average Bonchev–Trinajstić information content (AvgIpc) is 1.59. The van der Waals surface area contributed by atoms with E-state index in [2.05, 4.69) is 382 Å². The van der Waals surface area contributed by atoms with Crippen molar-refractivity contribution in [3.05, 3.63) is 418 Å². The normalized spacial score (nSPS) is 12.9. The molecule has 132 heavy (non-hydrogen) atoms. The topological polar surface area (TPSA) is 26.3 Å². The smallest absolute Gasteiger partial charge is 0.135 e. The molecule has 0 saturated heterocycles. The molecule has 0 radical (unpaired) electrons. The molecule has 0 spiro atoms. The fraction of sp³-hybridized carbons (Fsp3) is 0.244. The van der Waals surface area contributed by atoms with Gasteiger partial charge < -0.3 is 8.83 Å². The fourth-order valence-corrected chi connectivity index (χ4v) is 24.2. The number of rotatable bonds is 14. The molecule has 0 fully saturated rings. The molecule has 3 aliphatic rings. The van der Waals surface area contributed by atoms with E-state index in [1.54, 1.807) is 11.1 Å². The van der Waals surface area contributed by atoms with Gasteiger partial charge in [0, 0.05) is 98.3 Å². The van der Waals surface area contributed by atoms with Crippen molar-refractivity contribution in [2.45, 2.75) is 203 Å². The van der Waals surface area contributed by atoms with Crippen molar-refractivity contribution >= 4 is 138 Å². The molecule has 5 heteroatoms. The zero-order valence-corrected chi connectivity index (χ0v) is 82.2. The Kier molecular flexibility index (Phi) is 28.4. The Labute approximate surface area is 795 Å². The third-order valence-electron chi connectivity index (χ3n) is 27.6. The van der Waals surface area contributed by atoms with Crippen molar-refractivity contribution in [2.24, 2.45) is 0 Å². The lowest BCUT2D eigenvalue weighted by molar-refractivity contribution is 0.397. The van der Waals surface area contributed by atoms with E-state index in [0.717, 1.165) is 22.3 Å². The van der Waals surface area contributed by atoms with Crippen molar-refractivity contribution in [3.63, 3.8) is 0 Å². The van der Waals surface area contributed by atoms with E-state index in [-0.39, 0.29) is 16.2 Å². The van der Waals surface area contributed by atoms with Crippen LogP contribution in [0.15, 0.2) is 349 Å². The van der Waals surface area contributed by atoms with E-state index in [1.165, 1.54) is 272 Å². The quantitative estimate of drug-likeness (QED) is 0.101. The van der Waals surface area contributed by atoms with Crippen LogP contribution in [-0.4, -0.2) is 0 Å². The molecule has 0 N–H and O–H groups in total. The van der Waals surface area contributed by atoms with Gasteiger partial charge in [-0.15, -0.1) is 34.0 Å². The second-order valence-corrected chi connectivity index (χ2v) is 41.3. The Bertz CT molecular complexity index is 7380. The highest BCUT2D eigenvalue weighted by Crippen LogP contribution is 2.56. The SMILES string of the molecule is CCCCCCCCC1(CCCCCCCC)c2ccccc2-c2ccc(C)cc21.Cc1ccc2c(c1)-c1ccccc1C2(C)C.Cc1ccc2c(c1)C(C)(C)c1ccccc1-2.Cc1ccc2c(c1)sc1ccccc12.Cc1ccc2oc3ccccc3c2c1.Cc1ccc2sc3ccccc3c2c1.Cc1cccc2oc3ccccc3c12.Cc1cccc2sc3ccccc3c12. The van der Waals surface area contributed by atoms with Crippen molar-refractivity contribution in [1.29, 1.82) is 0 Å². The van der Waals surface area contributed by atoms with Crippen LogP contribution in [0.2, 0.25) is 0 Å². The lowest BCUT2D eigenvalue weighted by Gasteiger charge is -2.33. The van der Waals surface area contributed by atoms with Gasteiger partial charge in [0.05, 0.1) is 0 Å². The minimum atomic E-state index is 0.151. The van der Waals surface area contributed by atoms with Gasteiger partial charge >= 0.3 is 0 Å². The summed E-state index contributed by atoms with van der Waals surface area (Å²) in [6.45, 7) is 31.2. The van der Waals surface area contributed by atoms with Crippen LogP contribution in [0, 0.1) is 55.4 Å². The highest BCUT2D eigenvalue weighted by Gasteiger charge is 2.42. The van der Waals surface area contributed by atoms with Gasteiger partial charge in [0.25, 0.3) is 0 Å². The van der Waals surface area contributed by atoms with E-state index in [4.69, 9.17) is 8.83 Å². The number of thiophene rings is 3. The summed E-state index contributed by atoms with van der Waals surface area (Å²) < 4.78 is 19.8. The number of hydrogen-bond acceptors (Lipinski definition) is 5. The largest absolute Gasteiger partial charge is 0.456 e. The molecule has 21 aromatic rings. The van der Waals surface area contributed by atoms with Crippen LogP contribution in [0.25, 0.3) is 138 Å². The Hall–Kier alpha value is -12.2. The number of fused-ring (bicyclic) bond motifs is 24. The standard InChI is InChI=1S/C30H44.2C16H16.2C13H10O.3C13H10S/c1-4-6-8-10-12-16-22-30(23-17-13-11-9-7-5-2)28-19-15-14-18-26(28)27-21-20-25(3)24-29(27)30;1-11-8-9-15-13(10-11)12-6-4-5-7-14(12)16(15,2)3;1-11-8-9-13-12-6-4-5-7-14(12)16(2,3)15(13)10-11;1-9-5-4-8-12-13(9)10-6-2-3-7-11(10)14-12;1-9-6-7-13-11(8-9)10-4-2-3-5-12(10)14-13;1-9-5-4-8-12-13(9)10-6-2-3-7-11(10)14-12;1-9-6-7-13-11(8-9)10-4-2-3-5-12(10)14-13;1-9-6-7-11-10-4-2-3-5-12(10)14-13(11)8-9/h14-15,18-21,24H,4-13,16-17,22-23H2,1-3H3;2*4-10H,1-3H3;5*2-8H,1H3. The Morgan fingerprint density at radius 2 is 0.576 bits per heavy atom. The van der Waals surface area contributed by atoms with Crippen LogP contribution in [0.4, 0.5) is 0 Å². The molecule has 5 heterocycles. The third-order valence-corrected chi connectivity index (χ3v) is 31.1. The summed E-state index contributed by atoms with van der Waals surface area (Å²) in [5.41, 5.74) is 32.8. The van der Waals surface area contributed by atoms with Crippen LogP contribution >= 0.6 is 34.0 Å². The Morgan fingerprint density at radius 1 is 0.212 bits per heavy atom. The summed E-state index contributed by atoms with van der Waals surface area (Å²) in [7, 11) is 0. The van der Waals surface area contributed by atoms with Crippen LogP contribution in [0.1, 0.15) is 209 Å². The minimum Gasteiger partial charge on any atom is -0.456 e. The van der Waals surface area contributed by atoms with Gasteiger partial charge in [0.2, 0.25) is 0 Å². The maximum atomic E-state index is 5.73. The van der Waals surface area contributed by atoms with Crippen molar-refractivity contribution < 1.29 is 8.83 Å². The zero-order valence-electron chi connectivity index (χ0n) is 79.8. The monoisotopic (exact) mass is 1780 g/mol. The van der Waals surface area contributed by atoms with E-state index in [1.807, 2.05) is 88.6 Å². The Balaban J connectivity index is 0.000000107. The molecule has 5 aromatic heterocycles. The number of furan rings is 2. The van der Waals surface area contributed by atoms with E-state index in [0.29, 0.717) is 0 Å². The number of unbranched alkanes of at least 4 members (excludes halogenated alkanes) is 10. The maximum Gasteiger partial charge on any atom is 0.135 e. The molecule has 0 atom stereocenters. The van der Waals surface area contributed by atoms with Gasteiger partial charge in [-0.3, -0.25) is 0 Å². The van der Waals surface area contributed by atoms with E-state index >= 15 is 0 Å². The molecule has 2 nitrogen and oxygen atoms in total. The third kappa shape index (κ3) is 19.4. The minimum absolute atomic E-state index is 0.151. The first-order valence-electron chi connectivity index (χ1n) is 48.2. The van der Waals surface area contributed by atoms with E-state index in [9.17, 15) is 0 Å². The molecule has 0 saturated carbocycles. The molecule has 16 aromatic carbocycles. The molecule has 0 unspecified atom stereocenters. The molecule has 664 valence electrons. The summed E-state index contributed by atoms with van der Waals surface area (Å²) in [6.07, 6.45) is 19.2. The van der Waals surface area contributed by atoms with Crippen LogP contribution in [0.3, 0.4) is 0 Å². The number of benzene rings is 16. The first kappa shape index (κ1) is 91.7. The lowest BCUT2D eigenvalue weighted by Crippen LogP contribution is -2.25. The van der Waals surface area contributed by atoms with Gasteiger partial charge in [-0.05, 0) is 224 Å². The van der Waals surface area contributed by atoms with Gasteiger partial charge in [0.15, 0.2) is 0 Å². The van der Waals surface area contributed by atoms with Gasteiger partial charge in [-0.25, -0.2) is 0 Å². The predicted octanol–water partition coefficient (Wildman–Crippen LogP) is 39.2. The number of aryl methyl sites for hydroxylation is 8. The second kappa shape index (κ2) is 40.9. The second-order valence-electron chi connectivity index (χ2n) is 38.0. The highest BCUT2D eigenvalue weighted by molar-refractivity contribution is 7.26. The van der Waals surface area contributed by atoms with Gasteiger partial charge in [0.1, 0.15) is 22.3 Å². The van der Waals surface area contributed by atoms with Crippen molar-refractivity contribution in [2.75, 3.05) is 0 Å². The zero-order chi connectivity index (χ0) is 91.6. The summed E-state index contributed by atoms with van der Waals surface area (Å²) in [5, 5.41) is 13.2. The first-order chi connectivity index (χ1) is 64.2. The number of para-hydroxylation sites is 2. The lowest BCUT2D eigenvalue weighted by atomic mass is 9.70. The molecule has 0 amide bonds. The molecule has 24 rings (SSSR count). The van der Waals surface area contributed by atoms with Crippen LogP contribution in [0.5, 0.6) is 0 Å². The molecule has 0 aliphatic heterocycles. The number of hydrogen-bond donors (Lipinski definition) is 0. The molecule has 3 aliphatic carbocycles. The van der Waals surface area contributed by atoms with Gasteiger partial charge in [-0.2, -0.15) is 0 Å². The summed E-state index contributed by atoms with van der Waals surface area (Å²) in [6, 6.07) is 122. The molecule has 0 bridgehead atoms. The summed E-state index contributed by atoms with van der Waals surface area (Å²) in [4.78, 5) is 0. The van der Waals surface area contributed by atoms with Crippen molar-refractivity contribution in [3.8, 4) is 33.4 Å². The van der Waals surface area contributed by atoms with E-state index < -0.39 is 0 Å². The maximum absolute atomic E-state index is 5.73. The van der Waals surface area contributed by atoms with Gasteiger partial charge in [-0.1, -0.05) is 413 Å².